The highest BCUT2D eigenvalue weighted by Gasteiger charge is 2.54. The van der Waals surface area contributed by atoms with Crippen LogP contribution in [0.3, 0.4) is 0 Å². The topological polar surface area (TPSA) is 26.3 Å². The van der Waals surface area contributed by atoms with Crippen LogP contribution in [0.2, 0.25) is 0 Å². The second kappa shape index (κ2) is 3.54. The van der Waals surface area contributed by atoms with Crippen molar-refractivity contribution in [2.75, 3.05) is 0 Å². The molecular formula is C10H11F3O2. The molecule has 0 aromatic rings. The summed E-state index contributed by atoms with van der Waals surface area (Å²) >= 11 is 0. The molecule has 1 unspecified atom stereocenters. The van der Waals surface area contributed by atoms with Crippen molar-refractivity contribution in [1.29, 1.82) is 0 Å². The summed E-state index contributed by atoms with van der Waals surface area (Å²) in [4.78, 5) is 11.1. The highest BCUT2D eigenvalue weighted by molar-refractivity contribution is 5.71. The van der Waals surface area contributed by atoms with E-state index in [0.29, 0.717) is 19.3 Å². The number of ether oxygens (including phenoxy) is 1. The Morgan fingerprint density at radius 3 is 2.73 bits per heavy atom. The summed E-state index contributed by atoms with van der Waals surface area (Å²) in [5.41, 5.74) is -1.64. The summed E-state index contributed by atoms with van der Waals surface area (Å²) in [6.45, 7) is 0. The molecule has 1 aliphatic carbocycles. The summed E-state index contributed by atoms with van der Waals surface area (Å²) < 4.78 is 42.8. The summed E-state index contributed by atoms with van der Waals surface area (Å²) in [5, 5.41) is 0. The molecule has 2 rings (SSSR count). The van der Waals surface area contributed by atoms with Gasteiger partial charge in [-0.1, -0.05) is 0 Å². The molecule has 5 heteroatoms. The lowest BCUT2D eigenvalue weighted by Gasteiger charge is -2.36. The normalized spacial score (nSPS) is 34.6. The number of rotatable bonds is 1. The van der Waals surface area contributed by atoms with Gasteiger partial charge in [0.15, 0.2) is 5.60 Å². The first-order valence-corrected chi connectivity index (χ1v) is 4.99. The Morgan fingerprint density at radius 1 is 1.33 bits per heavy atom. The predicted octanol–water partition coefficient (Wildman–Crippen LogP) is 2.94. The van der Waals surface area contributed by atoms with E-state index in [1.54, 1.807) is 0 Å². The Balaban J connectivity index is 2.37. The molecule has 2 nitrogen and oxygen atoms in total. The first-order valence-electron chi connectivity index (χ1n) is 4.99. The van der Waals surface area contributed by atoms with E-state index in [9.17, 15) is 18.0 Å². The molecular weight excluding hydrogens is 209 g/mol. The first-order chi connectivity index (χ1) is 7.06. The van der Waals surface area contributed by atoms with E-state index < -0.39 is 23.5 Å². The van der Waals surface area contributed by atoms with E-state index in [-0.39, 0.29) is 18.8 Å². The Morgan fingerprint density at radius 2 is 2.07 bits per heavy atom. The third kappa shape index (κ3) is 1.54. The first kappa shape index (κ1) is 10.5. The standard InChI is InChI=1S/C10H11F3O2/c11-8(9(12)13)10-5-1-2-6(10)3-4-7(14)15-10/h6H,1-5H2/t6?,10-/m0/s1. The highest BCUT2D eigenvalue weighted by Crippen LogP contribution is 2.50. The fourth-order valence-corrected chi connectivity index (χ4v) is 2.60. The maximum atomic E-state index is 13.4. The molecule has 0 spiro atoms. The molecule has 1 saturated carbocycles. The summed E-state index contributed by atoms with van der Waals surface area (Å²) in [7, 11) is 0. The van der Waals surface area contributed by atoms with Crippen LogP contribution in [-0.4, -0.2) is 11.6 Å². The van der Waals surface area contributed by atoms with Crippen molar-refractivity contribution >= 4 is 5.97 Å². The lowest BCUT2D eigenvalue weighted by Crippen LogP contribution is -2.43. The van der Waals surface area contributed by atoms with Crippen LogP contribution in [-0.2, 0) is 9.53 Å². The molecule has 0 aromatic heterocycles. The maximum Gasteiger partial charge on any atom is 0.306 e. The zero-order valence-corrected chi connectivity index (χ0v) is 8.06. The van der Waals surface area contributed by atoms with Gasteiger partial charge in [-0.15, -0.1) is 0 Å². The second-order valence-corrected chi connectivity index (χ2v) is 4.07. The van der Waals surface area contributed by atoms with Gasteiger partial charge in [0.05, 0.1) is 0 Å². The van der Waals surface area contributed by atoms with Crippen LogP contribution in [0.4, 0.5) is 13.2 Å². The smallest absolute Gasteiger partial charge is 0.306 e. The van der Waals surface area contributed by atoms with Gasteiger partial charge in [-0.2, -0.15) is 8.78 Å². The van der Waals surface area contributed by atoms with Crippen molar-refractivity contribution in [3.8, 4) is 0 Å². The second-order valence-electron chi connectivity index (χ2n) is 4.07. The molecule has 0 bridgehead atoms. The molecule has 15 heavy (non-hydrogen) atoms. The number of esters is 1. The van der Waals surface area contributed by atoms with Crippen LogP contribution in [0, 0.1) is 5.92 Å². The molecule has 0 aromatic carbocycles. The summed E-state index contributed by atoms with van der Waals surface area (Å²) in [6, 6.07) is 0. The fourth-order valence-electron chi connectivity index (χ4n) is 2.60. The minimum atomic E-state index is -2.36. The Hall–Kier alpha value is -1.00. The average Bonchev–Trinajstić information content (AvgIpc) is 2.60. The Bertz CT molecular complexity index is 323. The van der Waals surface area contributed by atoms with Crippen molar-refractivity contribution in [2.45, 2.75) is 37.7 Å². The van der Waals surface area contributed by atoms with Crippen LogP contribution >= 0.6 is 0 Å². The lowest BCUT2D eigenvalue weighted by atomic mass is 9.84. The SMILES string of the molecule is O=C1CCC2CCC[C@]2(C(F)=C(F)F)O1. The number of fused-ring (bicyclic) bond motifs is 1. The van der Waals surface area contributed by atoms with Crippen LogP contribution in [0.1, 0.15) is 32.1 Å². The molecule has 0 N–H and O–H groups in total. The van der Waals surface area contributed by atoms with Gasteiger partial charge in [0.2, 0.25) is 5.83 Å². The largest absolute Gasteiger partial charge is 0.451 e. The highest BCUT2D eigenvalue weighted by atomic mass is 19.3. The Labute approximate surface area is 85.1 Å². The van der Waals surface area contributed by atoms with Crippen molar-refractivity contribution in [3.05, 3.63) is 11.9 Å². The van der Waals surface area contributed by atoms with Crippen LogP contribution in [0.15, 0.2) is 11.9 Å². The van der Waals surface area contributed by atoms with Crippen LogP contribution in [0.5, 0.6) is 0 Å². The molecule has 1 heterocycles. The molecule has 1 aliphatic heterocycles. The van der Waals surface area contributed by atoms with Gasteiger partial charge in [-0.3, -0.25) is 4.79 Å². The van der Waals surface area contributed by atoms with Crippen LogP contribution in [0.25, 0.3) is 0 Å². The monoisotopic (exact) mass is 220 g/mol. The third-order valence-electron chi connectivity index (χ3n) is 3.29. The third-order valence-corrected chi connectivity index (χ3v) is 3.29. The van der Waals surface area contributed by atoms with E-state index in [0.717, 1.165) is 0 Å². The van der Waals surface area contributed by atoms with Gasteiger partial charge >= 0.3 is 12.0 Å². The van der Waals surface area contributed by atoms with E-state index in [4.69, 9.17) is 4.74 Å². The lowest BCUT2D eigenvalue weighted by molar-refractivity contribution is -0.170. The molecule has 2 fully saturated rings. The number of carbonyl (C=O) groups is 1. The Kier molecular flexibility index (Phi) is 2.48. The van der Waals surface area contributed by atoms with Gasteiger partial charge < -0.3 is 4.74 Å². The van der Waals surface area contributed by atoms with Gasteiger partial charge in [-0.25, -0.2) is 4.39 Å². The minimum absolute atomic E-state index is 0.173. The molecule has 2 atom stereocenters. The molecule has 0 radical (unpaired) electrons. The van der Waals surface area contributed by atoms with E-state index >= 15 is 0 Å². The molecule has 2 aliphatic rings. The molecule has 0 amide bonds. The van der Waals surface area contributed by atoms with Crippen molar-refractivity contribution in [2.24, 2.45) is 5.92 Å². The zero-order valence-electron chi connectivity index (χ0n) is 8.06. The van der Waals surface area contributed by atoms with Crippen molar-refractivity contribution in [1.82, 2.24) is 0 Å². The average molecular weight is 220 g/mol. The number of halogens is 3. The summed E-state index contributed by atoms with van der Waals surface area (Å²) in [6.07, 6.45) is -0.275. The van der Waals surface area contributed by atoms with Crippen LogP contribution < -0.4 is 0 Å². The quantitative estimate of drug-likeness (QED) is 0.635. The zero-order chi connectivity index (χ0) is 11.1. The molecule has 84 valence electrons. The van der Waals surface area contributed by atoms with Crippen molar-refractivity contribution < 1.29 is 22.7 Å². The summed E-state index contributed by atoms with van der Waals surface area (Å²) in [5.74, 6) is -2.40. The van der Waals surface area contributed by atoms with E-state index in [1.807, 2.05) is 0 Å². The number of hydrogen-bond acceptors (Lipinski definition) is 2. The van der Waals surface area contributed by atoms with Crippen molar-refractivity contribution in [3.63, 3.8) is 0 Å². The number of hydrogen-bond donors (Lipinski definition) is 0. The fraction of sp³-hybridized carbons (Fsp3) is 0.700. The maximum absolute atomic E-state index is 13.4. The van der Waals surface area contributed by atoms with Gasteiger partial charge in [-0.05, 0) is 25.7 Å². The predicted molar refractivity (Wildman–Crippen MR) is 45.7 cm³/mol. The molecule has 1 saturated heterocycles. The van der Waals surface area contributed by atoms with Gasteiger partial charge in [0.25, 0.3) is 0 Å². The van der Waals surface area contributed by atoms with E-state index in [1.165, 1.54) is 0 Å². The van der Waals surface area contributed by atoms with Gasteiger partial charge in [0.1, 0.15) is 0 Å². The minimum Gasteiger partial charge on any atom is -0.451 e. The van der Waals surface area contributed by atoms with Gasteiger partial charge in [0, 0.05) is 12.3 Å². The number of carbonyl (C=O) groups excluding carboxylic acids is 1. The van der Waals surface area contributed by atoms with E-state index in [2.05, 4.69) is 0 Å².